The monoisotopic (exact) mass is 243 g/mol. The standard InChI is InChI=1S/C14H17N3O/c15-16-9-14(18)17-12-7-3-1-5-10(12)11-6-2-4-8-13(11)17/h1,3,5,7,16H,2,4,6,8-9,15H2. The summed E-state index contributed by atoms with van der Waals surface area (Å²) < 4.78 is 1.85. The van der Waals surface area contributed by atoms with Gasteiger partial charge in [-0.15, -0.1) is 0 Å². The first kappa shape index (κ1) is 11.4. The van der Waals surface area contributed by atoms with Crippen molar-refractivity contribution in [2.24, 2.45) is 5.84 Å². The number of hydrogen-bond acceptors (Lipinski definition) is 3. The molecule has 1 heterocycles. The Morgan fingerprint density at radius 1 is 1.28 bits per heavy atom. The van der Waals surface area contributed by atoms with Crippen molar-refractivity contribution in [2.45, 2.75) is 25.7 Å². The second kappa shape index (κ2) is 4.55. The van der Waals surface area contributed by atoms with Gasteiger partial charge in [0.15, 0.2) is 0 Å². The van der Waals surface area contributed by atoms with Crippen LogP contribution in [0.3, 0.4) is 0 Å². The summed E-state index contributed by atoms with van der Waals surface area (Å²) in [6.07, 6.45) is 4.43. The molecule has 94 valence electrons. The predicted molar refractivity (Wildman–Crippen MR) is 71.4 cm³/mol. The zero-order valence-electron chi connectivity index (χ0n) is 10.3. The van der Waals surface area contributed by atoms with Crippen LogP contribution < -0.4 is 11.3 Å². The van der Waals surface area contributed by atoms with Crippen LogP contribution in [0, 0.1) is 0 Å². The van der Waals surface area contributed by atoms with Gasteiger partial charge in [0.1, 0.15) is 0 Å². The summed E-state index contributed by atoms with van der Waals surface area (Å²) in [5.41, 5.74) is 6.01. The summed E-state index contributed by atoms with van der Waals surface area (Å²) in [6.45, 7) is 0.172. The lowest BCUT2D eigenvalue weighted by molar-refractivity contribution is 0.0914. The summed E-state index contributed by atoms with van der Waals surface area (Å²) in [6, 6.07) is 8.14. The Morgan fingerprint density at radius 2 is 2.06 bits per heavy atom. The molecule has 0 unspecified atom stereocenters. The van der Waals surface area contributed by atoms with E-state index in [1.807, 2.05) is 22.8 Å². The van der Waals surface area contributed by atoms with E-state index in [2.05, 4.69) is 11.5 Å². The Hall–Kier alpha value is -1.65. The van der Waals surface area contributed by atoms with Crippen LogP contribution >= 0.6 is 0 Å². The number of hydrazine groups is 1. The minimum absolute atomic E-state index is 0.0249. The number of nitrogens with one attached hydrogen (secondary N) is 1. The van der Waals surface area contributed by atoms with Crippen molar-refractivity contribution in [1.82, 2.24) is 9.99 Å². The van der Waals surface area contributed by atoms with Gasteiger partial charge in [0, 0.05) is 11.1 Å². The van der Waals surface area contributed by atoms with Crippen LogP contribution in [0.15, 0.2) is 24.3 Å². The molecule has 4 nitrogen and oxygen atoms in total. The van der Waals surface area contributed by atoms with Gasteiger partial charge in [0.05, 0.1) is 12.1 Å². The minimum Gasteiger partial charge on any atom is -0.283 e. The van der Waals surface area contributed by atoms with E-state index < -0.39 is 0 Å². The third-order valence-corrected chi connectivity index (χ3v) is 3.68. The molecule has 2 aromatic rings. The Balaban J connectivity index is 2.25. The first-order valence-electron chi connectivity index (χ1n) is 6.41. The molecule has 3 rings (SSSR count). The molecule has 0 atom stereocenters. The van der Waals surface area contributed by atoms with Crippen molar-refractivity contribution in [1.29, 1.82) is 0 Å². The summed E-state index contributed by atoms with van der Waals surface area (Å²) in [7, 11) is 0. The molecule has 1 aliphatic rings. The number of carbonyl (C=O) groups excluding carboxylic acids is 1. The van der Waals surface area contributed by atoms with Crippen LogP contribution in [-0.2, 0) is 12.8 Å². The molecular weight excluding hydrogens is 226 g/mol. The van der Waals surface area contributed by atoms with E-state index in [0.717, 1.165) is 24.8 Å². The molecule has 0 bridgehead atoms. The van der Waals surface area contributed by atoms with Gasteiger partial charge in [0.2, 0.25) is 5.91 Å². The number of hydrogen-bond donors (Lipinski definition) is 2. The van der Waals surface area contributed by atoms with Gasteiger partial charge in [-0.05, 0) is 37.3 Å². The van der Waals surface area contributed by atoms with Gasteiger partial charge < -0.3 is 0 Å². The van der Waals surface area contributed by atoms with Crippen molar-refractivity contribution in [3.8, 4) is 0 Å². The SMILES string of the molecule is NNCC(=O)n1c2c(c3ccccc31)CCCC2. The second-order valence-corrected chi connectivity index (χ2v) is 4.76. The molecule has 0 aliphatic heterocycles. The van der Waals surface area contributed by atoms with Crippen molar-refractivity contribution >= 4 is 16.8 Å². The van der Waals surface area contributed by atoms with Gasteiger partial charge in [0.25, 0.3) is 0 Å². The van der Waals surface area contributed by atoms with Crippen molar-refractivity contribution < 1.29 is 4.79 Å². The van der Waals surface area contributed by atoms with Crippen LogP contribution in [0.4, 0.5) is 0 Å². The zero-order chi connectivity index (χ0) is 12.5. The maximum absolute atomic E-state index is 12.2. The Labute approximate surface area is 106 Å². The average Bonchev–Trinajstić information content (AvgIpc) is 2.73. The molecule has 4 heteroatoms. The van der Waals surface area contributed by atoms with Crippen LogP contribution in [0.1, 0.15) is 28.9 Å². The molecule has 1 aromatic carbocycles. The number of aryl methyl sites for hydroxylation is 1. The number of carbonyl (C=O) groups is 1. The maximum atomic E-state index is 12.2. The number of aromatic nitrogens is 1. The predicted octanol–water partition coefficient (Wildman–Crippen LogP) is 1.62. The lowest BCUT2D eigenvalue weighted by Crippen LogP contribution is -2.33. The van der Waals surface area contributed by atoms with Crippen molar-refractivity contribution in [3.63, 3.8) is 0 Å². The topological polar surface area (TPSA) is 60.0 Å². The molecule has 18 heavy (non-hydrogen) atoms. The Morgan fingerprint density at radius 3 is 2.89 bits per heavy atom. The third kappa shape index (κ3) is 1.65. The number of nitrogens with two attached hydrogens (primary N) is 1. The van der Waals surface area contributed by atoms with Gasteiger partial charge >= 0.3 is 0 Å². The average molecular weight is 243 g/mol. The van der Waals surface area contributed by atoms with Gasteiger partial charge in [-0.3, -0.25) is 20.6 Å². The Bertz CT molecular complexity index is 600. The molecule has 0 saturated carbocycles. The number of para-hydroxylation sites is 1. The molecule has 0 amide bonds. The highest BCUT2D eigenvalue weighted by molar-refractivity contribution is 5.97. The molecule has 0 radical (unpaired) electrons. The zero-order valence-corrected chi connectivity index (χ0v) is 10.3. The number of fused-ring (bicyclic) bond motifs is 3. The molecule has 0 spiro atoms. The van der Waals surface area contributed by atoms with Gasteiger partial charge in [-0.2, -0.15) is 0 Å². The molecule has 0 saturated heterocycles. The maximum Gasteiger partial charge on any atom is 0.246 e. The smallest absolute Gasteiger partial charge is 0.246 e. The van der Waals surface area contributed by atoms with E-state index in [0.29, 0.717) is 0 Å². The number of rotatable bonds is 2. The summed E-state index contributed by atoms with van der Waals surface area (Å²) in [4.78, 5) is 12.2. The molecular formula is C14H17N3O. The quantitative estimate of drug-likeness (QED) is 0.622. The first-order valence-corrected chi connectivity index (χ1v) is 6.41. The van der Waals surface area contributed by atoms with Crippen LogP contribution in [0.2, 0.25) is 0 Å². The highest BCUT2D eigenvalue weighted by Gasteiger charge is 2.22. The molecule has 1 aliphatic carbocycles. The highest BCUT2D eigenvalue weighted by atomic mass is 16.2. The van der Waals surface area contributed by atoms with Gasteiger partial charge in [-0.25, -0.2) is 0 Å². The van der Waals surface area contributed by atoms with Crippen LogP contribution in [0.5, 0.6) is 0 Å². The van der Waals surface area contributed by atoms with E-state index >= 15 is 0 Å². The van der Waals surface area contributed by atoms with E-state index in [-0.39, 0.29) is 12.5 Å². The largest absolute Gasteiger partial charge is 0.283 e. The van der Waals surface area contributed by atoms with E-state index in [9.17, 15) is 4.79 Å². The fourth-order valence-corrected chi connectivity index (χ4v) is 2.95. The Kier molecular flexibility index (Phi) is 2.89. The van der Waals surface area contributed by atoms with Crippen LogP contribution in [0.25, 0.3) is 10.9 Å². The first-order chi connectivity index (χ1) is 8.83. The van der Waals surface area contributed by atoms with E-state index in [1.54, 1.807) is 0 Å². The van der Waals surface area contributed by atoms with Crippen molar-refractivity contribution in [3.05, 3.63) is 35.5 Å². The van der Waals surface area contributed by atoms with E-state index in [4.69, 9.17) is 5.84 Å². The fourth-order valence-electron chi connectivity index (χ4n) is 2.95. The lowest BCUT2D eigenvalue weighted by atomic mass is 9.95. The third-order valence-electron chi connectivity index (χ3n) is 3.68. The number of benzene rings is 1. The number of nitrogens with zero attached hydrogens (tertiary/aromatic N) is 1. The normalized spacial score (nSPS) is 14.7. The van der Waals surface area contributed by atoms with E-state index in [1.165, 1.54) is 23.1 Å². The summed E-state index contributed by atoms with van der Waals surface area (Å²) in [5, 5.41) is 1.22. The summed E-state index contributed by atoms with van der Waals surface area (Å²) >= 11 is 0. The second-order valence-electron chi connectivity index (χ2n) is 4.76. The molecule has 0 fully saturated rings. The highest BCUT2D eigenvalue weighted by Crippen LogP contribution is 2.31. The molecule has 1 aromatic heterocycles. The fraction of sp³-hybridized carbons (Fsp3) is 0.357. The van der Waals surface area contributed by atoms with Gasteiger partial charge in [-0.1, -0.05) is 18.2 Å². The molecule has 3 N–H and O–H groups in total. The van der Waals surface area contributed by atoms with Crippen LogP contribution in [-0.4, -0.2) is 17.0 Å². The summed E-state index contributed by atoms with van der Waals surface area (Å²) in [5.74, 6) is 5.30. The lowest BCUT2D eigenvalue weighted by Gasteiger charge is -2.14. The van der Waals surface area contributed by atoms with Crippen molar-refractivity contribution in [2.75, 3.05) is 6.54 Å². The minimum atomic E-state index is 0.0249.